The Labute approximate surface area is 64.0 Å². The summed E-state index contributed by atoms with van der Waals surface area (Å²) in [6.45, 7) is 4.82. The van der Waals surface area contributed by atoms with E-state index in [1.807, 2.05) is 0 Å². The first-order valence-electron chi connectivity index (χ1n) is 2.73. The number of halogens is 1. The van der Waals surface area contributed by atoms with Crippen molar-refractivity contribution in [3.05, 3.63) is 10.1 Å². The molecule has 0 aliphatic heterocycles. The average Bonchev–Trinajstić information content (AvgIpc) is 1.60. The first-order chi connectivity index (χ1) is 4.34. The number of nitrogens with zero attached hydrogens (tertiary/aromatic N) is 2. The van der Waals surface area contributed by atoms with Gasteiger partial charge >= 0.3 is 0 Å². The van der Waals surface area contributed by atoms with E-state index in [0.717, 1.165) is 0 Å². The van der Waals surface area contributed by atoms with E-state index in [1.165, 1.54) is 6.92 Å². The van der Waals surface area contributed by atoms with Gasteiger partial charge in [0.25, 0.3) is 0 Å². The minimum Gasteiger partial charge on any atom is -0.233 e. The van der Waals surface area contributed by atoms with E-state index in [4.69, 9.17) is 11.6 Å². The van der Waals surface area contributed by atoms with Crippen molar-refractivity contribution < 1.29 is 5.03 Å². The normalized spacial score (nSPS) is 13.4. The highest BCUT2D eigenvalue weighted by Gasteiger charge is 2.20. The lowest BCUT2D eigenvalue weighted by molar-refractivity contribution is -0.485. The van der Waals surface area contributed by atoms with Gasteiger partial charge in [0.05, 0.1) is 9.98 Å². The zero-order chi connectivity index (χ0) is 8.36. The standard InChI is InChI=1S/C5H9ClN2O2/c1-4(5(2,3)6)7-8(9)10/h1-3H3/b7-4+. The molecule has 0 fully saturated rings. The molecule has 0 saturated heterocycles. The van der Waals surface area contributed by atoms with Gasteiger partial charge in [-0.3, -0.25) is 0 Å². The van der Waals surface area contributed by atoms with Gasteiger partial charge in [-0.1, -0.05) is 0 Å². The zero-order valence-electron chi connectivity index (χ0n) is 6.09. The Morgan fingerprint density at radius 2 is 2.10 bits per heavy atom. The van der Waals surface area contributed by atoms with E-state index < -0.39 is 9.91 Å². The van der Waals surface area contributed by atoms with Gasteiger partial charge in [0.1, 0.15) is 5.71 Å². The van der Waals surface area contributed by atoms with Gasteiger partial charge in [-0.05, 0) is 20.8 Å². The first kappa shape index (κ1) is 9.36. The van der Waals surface area contributed by atoms with E-state index in [0.29, 0.717) is 5.71 Å². The van der Waals surface area contributed by atoms with E-state index in [2.05, 4.69) is 5.10 Å². The van der Waals surface area contributed by atoms with Crippen LogP contribution >= 0.6 is 11.6 Å². The number of nitro groups is 1. The fourth-order valence-electron chi connectivity index (χ4n) is 0.241. The molecule has 0 aromatic heterocycles. The lowest BCUT2D eigenvalue weighted by Crippen LogP contribution is -2.22. The second-order valence-corrected chi connectivity index (χ2v) is 3.34. The van der Waals surface area contributed by atoms with Gasteiger partial charge in [-0.15, -0.1) is 11.6 Å². The summed E-state index contributed by atoms with van der Waals surface area (Å²) < 4.78 is 0. The summed E-state index contributed by atoms with van der Waals surface area (Å²) in [4.78, 5) is 9.09. The third-order valence-electron chi connectivity index (χ3n) is 1.09. The van der Waals surface area contributed by atoms with E-state index >= 15 is 0 Å². The molecule has 0 radical (unpaired) electrons. The molecular weight excluding hydrogens is 156 g/mol. The van der Waals surface area contributed by atoms with Crippen molar-refractivity contribution in [3.8, 4) is 0 Å². The van der Waals surface area contributed by atoms with Gasteiger partial charge in [0, 0.05) is 0 Å². The molecule has 0 spiro atoms. The predicted octanol–water partition coefficient (Wildman–Crippen LogP) is 1.66. The van der Waals surface area contributed by atoms with Crippen LogP contribution in [-0.4, -0.2) is 15.6 Å². The van der Waals surface area contributed by atoms with Gasteiger partial charge in [-0.2, -0.15) is 0 Å². The third kappa shape index (κ3) is 3.40. The molecule has 0 rings (SSSR count). The van der Waals surface area contributed by atoms with Crippen LogP contribution in [0.4, 0.5) is 0 Å². The number of rotatable bonds is 2. The molecule has 0 aliphatic carbocycles. The molecule has 0 aromatic rings. The van der Waals surface area contributed by atoms with Crippen LogP contribution in [0, 0.1) is 10.1 Å². The summed E-state index contributed by atoms with van der Waals surface area (Å²) in [5.41, 5.74) is 0.305. The van der Waals surface area contributed by atoms with Gasteiger partial charge in [0.15, 0.2) is 5.03 Å². The van der Waals surface area contributed by atoms with Crippen LogP contribution in [0.15, 0.2) is 5.10 Å². The first-order valence-corrected chi connectivity index (χ1v) is 3.11. The van der Waals surface area contributed by atoms with E-state index in [9.17, 15) is 10.1 Å². The average molecular weight is 165 g/mol. The van der Waals surface area contributed by atoms with Crippen LogP contribution in [-0.2, 0) is 0 Å². The second kappa shape index (κ2) is 2.96. The quantitative estimate of drug-likeness (QED) is 0.270. The summed E-state index contributed by atoms with van der Waals surface area (Å²) in [5, 5.41) is 12.1. The molecule has 58 valence electrons. The van der Waals surface area contributed by atoms with Crippen molar-refractivity contribution in [2.75, 3.05) is 0 Å². The minimum atomic E-state index is -0.751. The number of hydrogen-bond acceptors (Lipinski definition) is 2. The molecule has 0 aromatic carbocycles. The number of hydrazone groups is 1. The van der Waals surface area contributed by atoms with Gasteiger partial charge < -0.3 is 0 Å². The van der Waals surface area contributed by atoms with Crippen molar-refractivity contribution in [1.29, 1.82) is 0 Å². The molecule has 0 unspecified atom stereocenters. The topological polar surface area (TPSA) is 55.5 Å². The Morgan fingerprint density at radius 3 is 2.20 bits per heavy atom. The SMILES string of the molecule is C/C(=N\[N+](=O)[O-])C(C)(C)Cl. The van der Waals surface area contributed by atoms with Gasteiger partial charge in [-0.25, -0.2) is 10.1 Å². The molecule has 10 heavy (non-hydrogen) atoms. The molecular formula is C5H9ClN2O2. The maximum absolute atomic E-state index is 9.82. The molecule has 0 N–H and O–H groups in total. The van der Waals surface area contributed by atoms with E-state index in [1.54, 1.807) is 13.8 Å². The molecule has 0 heterocycles. The smallest absolute Gasteiger partial charge is 0.190 e. The lowest BCUT2D eigenvalue weighted by atomic mass is 10.1. The molecule has 0 saturated carbocycles. The lowest BCUT2D eigenvalue weighted by Gasteiger charge is -2.10. The Hall–Kier alpha value is -0.640. The summed E-state index contributed by atoms with van der Waals surface area (Å²) in [6, 6.07) is 0. The van der Waals surface area contributed by atoms with Crippen molar-refractivity contribution in [1.82, 2.24) is 0 Å². The summed E-state index contributed by atoms with van der Waals surface area (Å²) in [5.74, 6) is 0. The van der Waals surface area contributed by atoms with Crippen molar-refractivity contribution in [3.63, 3.8) is 0 Å². The Bertz CT molecular complexity index is 171. The molecule has 4 nitrogen and oxygen atoms in total. The van der Waals surface area contributed by atoms with Crippen LogP contribution in [0.25, 0.3) is 0 Å². The molecule has 0 amide bonds. The monoisotopic (exact) mass is 164 g/mol. The molecule has 5 heteroatoms. The second-order valence-electron chi connectivity index (χ2n) is 2.40. The van der Waals surface area contributed by atoms with Crippen molar-refractivity contribution >= 4 is 17.3 Å². The summed E-state index contributed by atoms with van der Waals surface area (Å²) in [6.07, 6.45) is 0. The van der Waals surface area contributed by atoms with Gasteiger partial charge in [0.2, 0.25) is 0 Å². The Balaban J connectivity index is 4.35. The largest absolute Gasteiger partial charge is 0.233 e. The highest BCUT2D eigenvalue weighted by Crippen LogP contribution is 2.14. The van der Waals surface area contributed by atoms with Crippen molar-refractivity contribution in [2.24, 2.45) is 5.10 Å². The summed E-state index contributed by atoms with van der Waals surface area (Å²) >= 11 is 5.69. The van der Waals surface area contributed by atoms with Crippen LogP contribution in [0.1, 0.15) is 20.8 Å². The van der Waals surface area contributed by atoms with Crippen molar-refractivity contribution in [2.45, 2.75) is 25.6 Å². The highest BCUT2D eigenvalue weighted by atomic mass is 35.5. The molecule has 0 atom stereocenters. The Morgan fingerprint density at radius 1 is 1.70 bits per heavy atom. The van der Waals surface area contributed by atoms with E-state index in [-0.39, 0.29) is 0 Å². The summed E-state index contributed by atoms with van der Waals surface area (Å²) in [7, 11) is 0. The third-order valence-corrected chi connectivity index (χ3v) is 1.37. The van der Waals surface area contributed by atoms with Crippen LogP contribution in [0.2, 0.25) is 0 Å². The number of alkyl halides is 1. The van der Waals surface area contributed by atoms with Crippen LogP contribution in [0.3, 0.4) is 0 Å². The Kier molecular flexibility index (Phi) is 2.77. The predicted molar refractivity (Wildman–Crippen MR) is 40.0 cm³/mol. The number of hydrogen-bond donors (Lipinski definition) is 0. The maximum atomic E-state index is 9.82. The molecule has 0 bridgehead atoms. The maximum Gasteiger partial charge on any atom is 0.190 e. The van der Waals surface area contributed by atoms with Crippen LogP contribution < -0.4 is 0 Å². The minimum absolute atomic E-state index is 0.305. The fraction of sp³-hybridized carbons (Fsp3) is 0.800. The fourth-order valence-corrected chi connectivity index (χ4v) is 0.279. The van der Waals surface area contributed by atoms with Crippen LogP contribution in [0.5, 0.6) is 0 Å². The molecule has 0 aliphatic rings. The highest BCUT2D eigenvalue weighted by molar-refractivity contribution is 6.35. The zero-order valence-corrected chi connectivity index (χ0v) is 6.84.